The van der Waals surface area contributed by atoms with E-state index in [1.165, 1.54) is 5.56 Å². The van der Waals surface area contributed by atoms with Gasteiger partial charge in [-0.15, -0.1) is 5.10 Å². The summed E-state index contributed by atoms with van der Waals surface area (Å²) in [4.78, 5) is 15.0. The molecule has 0 N–H and O–H groups in total. The quantitative estimate of drug-likeness (QED) is 0.770. The lowest BCUT2D eigenvalue weighted by Crippen LogP contribution is -2.43. The summed E-state index contributed by atoms with van der Waals surface area (Å²) in [7, 11) is 0. The standard InChI is InChI=1S/C24H31N3O3/c1-24(2,3)20-8-9-21(26-25-20)30-16-17-10-13-27(14-11-17)23(28)22-19-7-5-4-6-18(19)12-15-29-22/h4-9,17,22H,10-16H2,1-3H3. The topological polar surface area (TPSA) is 64.5 Å². The zero-order valence-electron chi connectivity index (χ0n) is 18.1. The highest BCUT2D eigenvalue weighted by Gasteiger charge is 2.33. The molecule has 1 saturated heterocycles. The van der Waals surface area contributed by atoms with E-state index in [1.807, 2.05) is 35.2 Å². The molecule has 0 spiro atoms. The number of piperidine rings is 1. The van der Waals surface area contributed by atoms with Crippen molar-refractivity contribution in [3.8, 4) is 5.88 Å². The third kappa shape index (κ3) is 4.64. The molecule has 0 bridgehead atoms. The third-order valence-electron chi connectivity index (χ3n) is 6.02. The number of hydrogen-bond donors (Lipinski definition) is 0. The summed E-state index contributed by atoms with van der Waals surface area (Å²) in [6, 6.07) is 12.0. The van der Waals surface area contributed by atoms with Gasteiger partial charge in [-0.25, -0.2) is 0 Å². The monoisotopic (exact) mass is 409 g/mol. The lowest BCUT2D eigenvalue weighted by Gasteiger charge is -2.35. The first kappa shape index (κ1) is 20.8. The van der Waals surface area contributed by atoms with Gasteiger partial charge in [-0.05, 0) is 42.4 Å². The highest BCUT2D eigenvalue weighted by atomic mass is 16.5. The molecule has 0 aliphatic carbocycles. The van der Waals surface area contributed by atoms with E-state index >= 15 is 0 Å². The first-order chi connectivity index (χ1) is 14.4. The average molecular weight is 410 g/mol. The number of amides is 1. The fourth-order valence-electron chi connectivity index (χ4n) is 4.08. The van der Waals surface area contributed by atoms with Crippen LogP contribution in [0, 0.1) is 5.92 Å². The molecule has 1 aromatic carbocycles. The van der Waals surface area contributed by atoms with Crippen LogP contribution in [0.15, 0.2) is 36.4 Å². The van der Waals surface area contributed by atoms with Gasteiger partial charge in [-0.2, -0.15) is 5.10 Å². The zero-order valence-corrected chi connectivity index (χ0v) is 18.1. The molecule has 1 aromatic heterocycles. The van der Waals surface area contributed by atoms with Gasteiger partial charge in [0.05, 0.1) is 18.9 Å². The molecule has 6 heteroatoms. The molecule has 2 aliphatic rings. The van der Waals surface area contributed by atoms with Crippen LogP contribution in [0.2, 0.25) is 0 Å². The molecular weight excluding hydrogens is 378 g/mol. The molecular formula is C24H31N3O3. The van der Waals surface area contributed by atoms with Crippen molar-refractivity contribution >= 4 is 5.91 Å². The van der Waals surface area contributed by atoms with Crippen LogP contribution in [0.5, 0.6) is 5.88 Å². The predicted molar refractivity (Wildman–Crippen MR) is 114 cm³/mol. The molecule has 1 amide bonds. The molecule has 1 atom stereocenters. The van der Waals surface area contributed by atoms with Gasteiger partial charge >= 0.3 is 0 Å². The van der Waals surface area contributed by atoms with E-state index in [9.17, 15) is 4.79 Å². The second kappa shape index (κ2) is 8.72. The third-order valence-corrected chi connectivity index (χ3v) is 6.02. The first-order valence-corrected chi connectivity index (χ1v) is 10.9. The highest BCUT2D eigenvalue weighted by molar-refractivity contribution is 5.83. The molecule has 1 unspecified atom stereocenters. The van der Waals surface area contributed by atoms with Crippen molar-refractivity contribution in [2.24, 2.45) is 5.92 Å². The lowest BCUT2D eigenvalue weighted by molar-refractivity contribution is -0.146. The maximum absolute atomic E-state index is 13.1. The van der Waals surface area contributed by atoms with Crippen LogP contribution in [0.4, 0.5) is 0 Å². The van der Waals surface area contributed by atoms with Gasteiger partial charge in [0.25, 0.3) is 5.91 Å². The minimum absolute atomic E-state index is 0.0204. The molecule has 160 valence electrons. The van der Waals surface area contributed by atoms with E-state index in [2.05, 4.69) is 37.0 Å². The number of carbonyl (C=O) groups excluding carboxylic acids is 1. The molecule has 3 heterocycles. The highest BCUT2D eigenvalue weighted by Crippen LogP contribution is 2.30. The van der Waals surface area contributed by atoms with E-state index in [1.54, 1.807) is 0 Å². The number of fused-ring (bicyclic) bond motifs is 1. The lowest BCUT2D eigenvalue weighted by atomic mass is 9.92. The number of aromatic nitrogens is 2. The fourth-order valence-corrected chi connectivity index (χ4v) is 4.08. The van der Waals surface area contributed by atoms with E-state index < -0.39 is 6.10 Å². The van der Waals surface area contributed by atoms with Crippen molar-refractivity contribution < 1.29 is 14.3 Å². The van der Waals surface area contributed by atoms with Gasteiger partial charge in [0.15, 0.2) is 6.10 Å². The van der Waals surface area contributed by atoms with Gasteiger partial charge < -0.3 is 14.4 Å². The molecule has 2 aliphatic heterocycles. The maximum atomic E-state index is 13.1. The summed E-state index contributed by atoms with van der Waals surface area (Å²) in [5.74, 6) is 1.07. The smallest absolute Gasteiger partial charge is 0.256 e. The van der Waals surface area contributed by atoms with Crippen LogP contribution in [-0.4, -0.2) is 47.3 Å². The number of rotatable bonds is 4. The molecule has 0 saturated carbocycles. The summed E-state index contributed by atoms with van der Waals surface area (Å²) in [5, 5.41) is 8.48. The Morgan fingerprint density at radius 2 is 1.90 bits per heavy atom. The predicted octanol–water partition coefficient (Wildman–Crippen LogP) is 3.71. The molecule has 6 nitrogen and oxygen atoms in total. The van der Waals surface area contributed by atoms with E-state index in [-0.39, 0.29) is 11.3 Å². The maximum Gasteiger partial charge on any atom is 0.256 e. The second-order valence-electron chi connectivity index (χ2n) is 9.29. The minimum atomic E-state index is -0.459. The van der Waals surface area contributed by atoms with Crippen molar-refractivity contribution in [1.29, 1.82) is 0 Å². The van der Waals surface area contributed by atoms with Gasteiger partial charge in [-0.3, -0.25) is 4.79 Å². The van der Waals surface area contributed by atoms with Gasteiger partial charge in [-0.1, -0.05) is 45.0 Å². The van der Waals surface area contributed by atoms with Gasteiger partial charge in [0.1, 0.15) is 0 Å². The van der Waals surface area contributed by atoms with E-state index in [0.717, 1.165) is 43.6 Å². The largest absolute Gasteiger partial charge is 0.476 e. The van der Waals surface area contributed by atoms with Crippen LogP contribution in [0.3, 0.4) is 0 Å². The Hall–Kier alpha value is -2.47. The zero-order chi connectivity index (χ0) is 21.1. The number of benzene rings is 1. The molecule has 2 aromatic rings. The Labute approximate surface area is 178 Å². The Kier molecular flexibility index (Phi) is 6.04. The molecule has 0 radical (unpaired) electrons. The minimum Gasteiger partial charge on any atom is -0.476 e. The Balaban J connectivity index is 1.28. The summed E-state index contributed by atoms with van der Waals surface area (Å²) < 4.78 is 11.7. The van der Waals surface area contributed by atoms with Crippen molar-refractivity contribution in [2.45, 2.75) is 51.6 Å². The fraction of sp³-hybridized carbons (Fsp3) is 0.542. The van der Waals surface area contributed by atoms with Crippen LogP contribution in [0.25, 0.3) is 0 Å². The molecule has 30 heavy (non-hydrogen) atoms. The number of likely N-dealkylation sites (tertiary alicyclic amines) is 1. The average Bonchev–Trinajstić information content (AvgIpc) is 2.77. The number of ether oxygens (including phenoxy) is 2. The van der Waals surface area contributed by atoms with Crippen molar-refractivity contribution in [3.05, 3.63) is 53.2 Å². The van der Waals surface area contributed by atoms with Crippen LogP contribution in [-0.2, 0) is 21.4 Å². The van der Waals surface area contributed by atoms with Crippen LogP contribution in [0.1, 0.15) is 56.5 Å². The summed E-state index contributed by atoms with van der Waals surface area (Å²) in [5.41, 5.74) is 3.18. The number of nitrogens with zero attached hydrogens (tertiary/aromatic N) is 3. The summed E-state index contributed by atoms with van der Waals surface area (Å²) in [6.45, 7) is 9.03. The van der Waals surface area contributed by atoms with Crippen molar-refractivity contribution in [2.75, 3.05) is 26.3 Å². The first-order valence-electron chi connectivity index (χ1n) is 10.9. The number of hydrogen-bond acceptors (Lipinski definition) is 5. The SMILES string of the molecule is CC(C)(C)c1ccc(OCC2CCN(C(=O)C3OCCc4ccccc43)CC2)nn1. The van der Waals surface area contributed by atoms with Crippen molar-refractivity contribution in [3.63, 3.8) is 0 Å². The second-order valence-corrected chi connectivity index (χ2v) is 9.29. The van der Waals surface area contributed by atoms with E-state index in [0.29, 0.717) is 25.0 Å². The van der Waals surface area contributed by atoms with Crippen LogP contribution < -0.4 is 4.74 Å². The Morgan fingerprint density at radius 1 is 1.13 bits per heavy atom. The summed E-state index contributed by atoms with van der Waals surface area (Å²) >= 11 is 0. The van der Waals surface area contributed by atoms with Crippen LogP contribution >= 0.6 is 0 Å². The van der Waals surface area contributed by atoms with Gasteiger partial charge in [0, 0.05) is 24.6 Å². The van der Waals surface area contributed by atoms with E-state index in [4.69, 9.17) is 9.47 Å². The summed E-state index contributed by atoms with van der Waals surface area (Å²) in [6.07, 6.45) is 2.26. The number of carbonyl (C=O) groups is 1. The van der Waals surface area contributed by atoms with Crippen molar-refractivity contribution in [1.82, 2.24) is 15.1 Å². The Bertz CT molecular complexity index is 868. The molecule has 4 rings (SSSR count). The molecule has 1 fully saturated rings. The normalized spacial score (nSPS) is 20.0. The Morgan fingerprint density at radius 3 is 2.60 bits per heavy atom. The van der Waals surface area contributed by atoms with Gasteiger partial charge in [0.2, 0.25) is 5.88 Å².